The lowest BCUT2D eigenvalue weighted by atomic mass is 10.3. The van der Waals surface area contributed by atoms with E-state index in [9.17, 15) is 4.79 Å². The van der Waals surface area contributed by atoms with Crippen LogP contribution in [0.3, 0.4) is 0 Å². The van der Waals surface area contributed by atoms with Gasteiger partial charge >= 0.3 is 5.97 Å². The monoisotopic (exact) mass is 408 g/mol. The van der Waals surface area contributed by atoms with Gasteiger partial charge in [0.05, 0.1) is 6.20 Å². The summed E-state index contributed by atoms with van der Waals surface area (Å²) in [6.07, 6.45) is 3.51. The fourth-order valence-corrected chi connectivity index (χ4v) is 3.21. The van der Waals surface area contributed by atoms with Gasteiger partial charge in [-0.1, -0.05) is 18.2 Å². The summed E-state index contributed by atoms with van der Waals surface area (Å²) in [5.41, 5.74) is 7.58. The number of rotatable bonds is 6. The van der Waals surface area contributed by atoms with Crippen LogP contribution in [-0.2, 0) is 18.4 Å². The van der Waals surface area contributed by atoms with E-state index in [0.29, 0.717) is 5.01 Å². The van der Waals surface area contributed by atoms with Gasteiger partial charge in [0.2, 0.25) is 11.9 Å². The summed E-state index contributed by atoms with van der Waals surface area (Å²) >= 11 is 1.34. The molecule has 0 atom stereocenters. The first-order chi connectivity index (χ1) is 14.1. The van der Waals surface area contributed by atoms with Gasteiger partial charge in [-0.3, -0.25) is 4.68 Å². The van der Waals surface area contributed by atoms with Crippen molar-refractivity contribution >= 4 is 34.9 Å². The van der Waals surface area contributed by atoms with Crippen LogP contribution >= 0.6 is 11.3 Å². The number of carbonyl (C=O) groups excluding carboxylic acids is 1. The number of thiazole rings is 1. The number of carbonyl (C=O) groups is 1. The van der Waals surface area contributed by atoms with Crippen LogP contribution in [0.5, 0.6) is 0 Å². The average Bonchev–Trinajstić information content (AvgIpc) is 3.36. The molecule has 0 fully saturated rings. The molecule has 0 radical (unpaired) electrons. The molecular formula is C18H16N8O2S. The van der Waals surface area contributed by atoms with Crippen molar-refractivity contribution < 1.29 is 9.53 Å². The van der Waals surface area contributed by atoms with Gasteiger partial charge in [-0.25, -0.2) is 9.78 Å². The van der Waals surface area contributed by atoms with Gasteiger partial charge in [0, 0.05) is 29.9 Å². The predicted molar refractivity (Wildman–Crippen MR) is 107 cm³/mol. The second-order valence-electron chi connectivity index (χ2n) is 5.94. The lowest BCUT2D eigenvalue weighted by molar-refractivity contribution is 0.0456. The number of hydrogen-bond acceptors (Lipinski definition) is 10. The van der Waals surface area contributed by atoms with E-state index in [1.54, 1.807) is 16.3 Å². The molecule has 0 aliphatic carbocycles. The van der Waals surface area contributed by atoms with Gasteiger partial charge in [0.15, 0.2) is 18.1 Å². The molecule has 3 aromatic heterocycles. The Kier molecular flexibility index (Phi) is 5.12. The van der Waals surface area contributed by atoms with E-state index in [0.717, 1.165) is 11.3 Å². The van der Waals surface area contributed by atoms with E-state index in [4.69, 9.17) is 10.5 Å². The highest BCUT2D eigenvalue weighted by molar-refractivity contribution is 7.13. The first kappa shape index (κ1) is 18.5. The van der Waals surface area contributed by atoms with E-state index in [-0.39, 0.29) is 30.0 Å². The SMILES string of the molecule is Cn1cc(-c2nc(C(=O)OCc3nc(N)nc(Nc4ccccc4)n3)cs2)cn1. The molecular weight excluding hydrogens is 392 g/mol. The number of aromatic nitrogens is 6. The Balaban J connectivity index is 1.42. The third-order valence-electron chi connectivity index (χ3n) is 3.73. The highest BCUT2D eigenvalue weighted by Gasteiger charge is 2.15. The van der Waals surface area contributed by atoms with Crippen LogP contribution in [0.1, 0.15) is 16.3 Å². The van der Waals surface area contributed by atoms with Gasteiger partial charge in [-0.05, 0) is 12.1 Å². The van der Waals surface area contributed by atoms with Crippen LogP contribution in [0.25, 0.3) is 10.6 Å². The number of aryl methyl sites for hydroxylation is 1. The minimum Gasteiger partial charge on any atom is -0.453 e. The Morgan fingerprint density at radius 3 is 2.79 bits per heavy atom. The van der Waals surface area contributed by atoms with Gasteiger partial charge in [-0.2, -0.15) is 20.1 Å². The maximum absolute atomic E-state index is 12.3. The number of esters is 1. The number of anilines is 3. The van der Waals surface area contributed by atoms with Crippen LogP contribution in [0.4, 0.5) is 17.6 Å². The molecule has 1 aromatic carbocycles. The largest absolute Gasteiger partial charge is 0.453 e. The molecule has 4 rings (SSSR count). The maximum atomic E-state index is 12.3. The number of hydrogen-bond donors (Lipinski definition) is 2. The second-order valence-corrected chi connectivity index (χ2v) is 6.80. The van der Waals surface area contributed by atoms with Crippen LogP contribution < -0.4 is 11.1 Å². The Morgan fingerprint density at radius 2 is 2.03 bits per heavy atom. The van der Waals surface area contributed by atoms with Gasteiger partial charge in [0.25, 0.3) is 0 Å². The molecule has 0 amide bonds. The molecule has 0 bridgehead atoms. The van der Waals surface area contributed by atoms with E-state index in [1.165, 1.54) is 11.3 Å². The molecule has 4 aromatic rings. The molecule has 3 heterocycles. The minimum atomic E-state index is -0.576. The van der Waals surface area contributed by atoms with Crippen LogP contribution in [-0.4, -0.2) is 35.7 Å². The number of nitrogens with one attached hydrogen (secondary N) is 1. The molecule has 0 spiro atoms. The average molecular weight is 408 g/mol. The van der Waals surface area contributed by atoms with E-state index >= 15 is 0 Å². The molecule has 0 aliphatic rings. The van der Waals surface area contributed by atoms with Crippen molar-refractivity contribution in [3.63, 3.8) is 0 Å². The van der Waals surface area contributed by atoms with Crippen molar-refractivity contribution in [2.45, 2.75) is 6.61 Å². The van der Waals surface area contributed by atoms with E-state index in [2.05, 4.69) is 30.4 Å². The molecule has 146 valence electrons. The molecule has 10 nitrogen and oxygen atoms in total. The first-order valence-corrected chi connectivity index (χ1v) is 9.39. The Bertz CT molecular complexity index is 1140. The zero-order valence-electron chi connectivity index (χ0n) is 15.3. The molecule has 0 aliphatic heterocycles. The van der Waals surface area contributed by atoms with Crippen molar-refractivity contribution in [2.24, 2.45) is 7.05 Å². The summed E-state index contributed by atoms with van der Waals surface area (Å²) in [5, 5.41) is 9.44. The van der Waals surface area contributed by atoms with Crippen molar-refractivity contribution in [1.82, 2.24) is 29.7 Å². The zero-order valence-corrected chi connectivity index (χ0v) is 16.1. The fourth-order valence-electron chi connectivity index (χ4n) is 2.44. The summed E-state index contributed by atoms with van der Waals surface area (Å²) in [7, 11) is 1.81. The fraction of sp³-hybridized carbons (Fsp3) is 0.111. The lowest BCUT2D eigenvalue weighted by Gasteiger charge is -2.07. The summed E-state index contributed by atoms with van der Waals surface area (Å²) in [4.78, 5) is 28.9. The number of nitrogens with zero attached hydrogens (tertiary/aromatic N) is 6. The summed E-state index contributed by atoms with van der Waals surface area (Å²) < 4.78 is 6.94. The number of benzene rings is 1. The Morgan fingerprint density at radius 1 is 1.21 bits per heavy atom. The molecule has 0 saturated carbocycles. The lowest BCUT2D eigenvalue weighted by Crippen LogP contribution is -2.11. The first-order valence-electron chi connectivity index (χ1n) is 8.51. The Hall–Kier alpha value is -3.86. The van der Waals surface area contributed by atoms with Crippen molar-refractivity contribution in [3.8, 4) is 10.6 Å². The normalized spacial score (nSPS) is 10.7. The van der Waals surface area contributed by atoms with Crippen LogP contribution in [0.2, 0.25) is 0 Å². The molecule has 11 heteroatoms. The van der Waals surface area contributed by atoms with Gasteiger partial charge < -0.3 is 15.8 Å². The summed E-state index contributed by atoms with van der Waals surface area (Å²) in [5.74, 6) is -0.0563. The van der Waals surface area contributed by atoms with Crippen LogP contribution in [0, 0.1) is 0 Å². The van der Waals surface area contributed by atoms with Crippen molar-refractivity contribution in [3.05, 3.63) is 59.6 Å². The van der Waals surface area contributed by atoms with Crippen LogP contribution in [0.15, 0.2) is 48.1 Å². The van der Waals surface area contributed by atoms with E-state index < -0.39 is 5.97 Å². The number of para-hydroxylation sites is 1. The summed E-state index contributed by atoms with van der Waals surface area (Å²) in [6.45, 7) is -0.158. The highest BCUT2D eigenvalue weighted by atomic mass is 32.1. The predicted octanol–water partition coefficient (Wildman–Crippen LogP) is 2.41. The zero-order chi connectivity index (χ0) is 20.2. The third kappa shape index (κ3) is 4.52. The quantitative estimate of drug-likeness (QED) is 0.461. The molecule has 0 saturated heterocycles. The summed E-state index contributed by atoms with van der Waals surface area (Å²) in [6, 6.07) is 9.38. The standard InChI is InChI=1S/C18H16N8O2S/c1-26-8-11(7-20-26)15-22-13(10-29-15)16(27)28-9-14-23-17(19)25-18(24-14)21-12-5-3-2-4-6-12/h2-8,10H,9H2,1H3,(H3,19,21,23,24,25). The van der Waals surface area contributed by atoms with Gasteiger partial charge in [-0.15, -0.1) is 11.3 Å². The molecule has 0 unspecified atom stereocenters. The second kappa shape index (κ2) is 8.02. The number of nitrogen functional groups attached to an aromatic ring is 1. The highest BCUT2D eigenvalue weighted by Crippen LogP contribution is 2.23. The third-order valence-corrected chi connectivity index (χ3v) is 4.62. The molecule has 3 N–H and O–H groups in total. The number of ether oxygens (including phenoxy) is 1. The van der Waals surface area contributed by atoms with Crippen molar-refractivity contribution in [2.75, 3.05) is 11.1 Å². The minimum absolute atomic E-state index is 0.0250. The van der Waals surface area contributed by atoms with Crippen molar-refractivity contribution in [1.29, 1.82) is 0 Å². The van der Waals surface area contributed by atoms with Gasteiger partial charge in [0.1, 0.15) is 5.01 Å². The maximum Gasteiger partial charge on any atom is 0.358 e. The topological polar surface area (TPSA) is 134 Å². The Labute approximate surface area is 169 Å². The smallest absolute Gasteiger partial charge is 0.358 e. The number of nitrogens with two attached hydrogens (primary N) is 1. The van der Waals surface area contributed by atoms with E-state index in [1.807, 2.05) is 43.6 Å². The molecule has 29 heavy (non-hydrogen) atoms.